The van der Waals surface area contributed by atoms with Crippen LogP contribution in [0, 0.1) is 35.5 Å². The minimum atomic E-state index is 0.647. The normalized spacial score (nSPS) is 39.7. The summed E-state index contributed by atoms with van der Waals surface area (Å²) in [5, 5.41) is 0. The zero-order valence-corrected chi connectivity index (χ0v) is 5.98. The van der Waals surface area contributed by atoms with Gasteiger partial charge in [0.05, 0.1) is 0 Å². The van der Waals surface area contributed by atoms with Gasteiger partial charge in [-0.05, 0) is 42.4 Å². The second-order valence-electron chi connectivity index (χ2n) is 3.60. The first-order valence-corrected chi connectivity index (χ1v) is 3.78. The van der Waals surface area contributed by atoms with Gasteiger partial charge in [-0.25, -0.2) is 0 Å². The molecule has 0 N–H and O–H groups in total. The fourth-order valence-electron chi connectivity index (χ4n) is 2.16. The second-order valence-corrected chi connectivity index (χ2v) is 3.60. The van der Waals surface area contributed by atoms with E-state index in [1.807, 2.05) is 0 Å². The summed E-state index contributed by atoms with van der Waals surface area (Å²) >= 11 is 0. The maximum Gasteiger partial charge on any atom is 0.0156 e. The molecule has 0 spiro atoms. The van der Waals surface area contributed by atoms with Crippen LogP contribution in [0.5, 0.6) is 0 Å². The highest BCUT2D eigenvalue weighted by Crippen LogP contribution is 2.66. The molecule has 0 heterocycles. The van der Waals surface area contributed by atoms with Gasteiger partial charge in [0.15, 0.2) is 0 Å². The van der Waals surface area contributed by atoms with Crippen molar-refractivity contribution in [3.63, 3.8) is 0 Å². The molecule has 0 aromatic heterocycles. The van der Waals surface area contributed by atoms with Gasteiger partial charge in [-0.15, -0.1) is 6.42 Å². The maximum absolute atomic E-state index is 5.01. The van der Waals surface area contributed by atoms with Gasteiger partial charge >= 0.3 is 0 Å². The molecule has 0 radical (unpaired) electrons. The Hall–Kier alpha value is -0.880. The lowest BCUT2D eigenvalue weighted by Crippen LogP contribution is -2.51. The van der Waals surface area contributed by atoms with Gasteiger partial charge in [-0.3, -0.25) is 0 Å². The summed E-state index contributed by atoms with van der Waals surface area (Å²) in [4.78, 5) is 0. The Kier molecular flexibility index (Phi) is 1.06. The van der Waals surface area contributed by atoms with Crippen molar-refractivity contribution in [2.45, 2.75) is 25.7 Å². The Morgan fingerprint density at radius 2 is 2.10 bits per heavy atom. The molecule has 0 amide bonds. The van der Waals surface area contributed by atoms with E-state index >= 15 is 0 Å². The van der Waals surface area contributed by atoms with E-state index in [9.17, 15) is 0 Å². The number of rotatable bonds is 1. The van der Waals surface area contributed by atoms with Gasteiger partial charge in [0.25, 0.3) is 0 Å². The van der Waals surface area contributed by atoms with E-state index in [1.165, 1.54) is 19.3 Å². The first-order chi connectivity index (χ1) is 4.85. The van der Waals surface area contributed by atoms with E-state index in [4.69, 9.17) is 6.42 Å². The van der Waals surface area contributed by atoms with Crippen LogP contribution in [0.15, 0.2) is 0 Å². The minimum absolute atomic E-state index is 0.647. The predicted molar refractivity (Wildman–Crippen MR) is 41.0 cm³/mol. The Bertz CT molecular complexity index is 226. The zero-order chi connectivity index (χ0) is 7.03. The molecule has 0 aromatic carbocycles. The Morgan fingerprint density at radius 1 is 1.40 bits per heavy atom. The van der Waals surface area contributed by atoms with Crippen LogP contribution in [0.2, 0.25) is 0 Å². The average Bonchev–Trinajstić information content (AvgIpc) is 1.72. The summed E-state index contributed by atoms with van der Waals surface area (Å²) < 4.78 is 0. The molecule has 0 heteroatoms. The molecule has 3 rings (SSSR count). The first-order valence-electron chi connectivity index (χ1n) is 3.78. The minimum Gasteiger partial charge on any atom is -0.106 e. The van der Waals surface area contributed by atoms with Gasteiger partial charge in [0.1, 0.15) is 0 Å². The Balaban J connectivity index is 1.87. The molecule has 2 bridgehead atoms. The van der Waals surface area contributed by atoms with E-state index in [0.717, 1.165) is 12.3 Å². The molecule has 0 atom stereocenters. The van der Waals surface area contributed by atoms with Crippen molar-refractivity contribution in [1.82, 2.24) is 0 Å². The molecule has 3 fully saturated rings. The molecule has 0 saturated heterocycles. The van der Waals surface area contributed by atoms with Gasteiger partial charge in [0.2, 0.25) is 0 Å². The highest BCUT2D eigenvalue weighted by molar-refractivity contribution is 5.24. The monoisotopic (exact) mass is 130 g/mol. The van der Waals surface area contributed by atoms with Crippen LogP contribution in [0.4, 0.5) is 0 Å². The van der Waals surface area contributed by atoms with E-state index in [-0.39, 0.29) is 0 Å². The van der Waals surface area contributed by atoms with Gasteiger partial charge in [-0.2, -0.15) is 0 Å². The van der Waals surface area contributed by atoms with Gasteiger partial charge in [0, 0.05) is 6.42 Å². The molecule has 3 saturated carbocycles. The lowest BCUT2D eigenvalue weighted by Gasteiger charge is -2.61. The molecule has 3 aliphatic carbocycles. The lowest BCUT2D eigenvalue weighted by molar-refractivity contribution is -0.101. The quantitative estimate of drug-likeness (QED) is 0.475. The third kappa shape index (κ3) is 0.659. The van der Waals surface area contributed by atoms with Crippen LogP contribution >= 0.6 is 0 Å². The van der Waals surface area contributed by atoms with Gasteiger partial charge < -0.3 is 0 Å². The molecule has 3 aliphatic rings. The second kappa shape index (κ2) is 1.80. The molecular formula is C10H10. The van der Waals surface area contributed by atoms with Crippen LogP contribution < -0.4 is 0 Å². The van der Waals surface area contributed by atoms with E-state index in [0.29, 0.717) is 5.41 Å². The van der Waals surface area contributed by atoms with E-state index in [2.05, 4.69) is 17.8 Å². The van der Waals surface area contributed by atoms with Crippen molar-refractivity contribution in [1.29, 1.82) is 0 Å². The maximum atomic E-state index is 5.01. The SMILES string of the molecule is C#CC#CCC12CC(C1)C2. The molecular weight excluding hydrogens is 120 g/mol. The number of hydrogen-bond donors (Lipinski definition) is 0. The third-order valence-electron chi connectivity index (χ3n) is 2.79. The van der Waals surface area contributed by atoms with Crippen LogP contribution in [0.25, 0.3) is 0 Å². The van der Waals surface area contributed by atoms with Crippen LogP contribution in [0.3, 0.4) is 0 Å². The Labute approximate surface area is 62.0 Å². The Morgan fingerprint density at radius 3 is 2.50 bits per heavy atom. The average molecular weight is 130 g/mol. The summed E-state index contributed by atoms with van der Waals surface area (Å²) in [6, 6.07) is 0. The number of terminal acetylenes is 1. The highest BCUT2D eigenvalue weighted by atomic mass is 14.6. The molecule has 50 valence electrons. The molecule has 10 heavy (non-hydrogen) atoms. The fourth-order valence-corrected chi connectivity index (χ4v) is 2.16. The topological polar surface area (TPSA) is 0 Å². The summed E-state index contributed by atoms with van der Waals surface area (Å²) in [7, 11) is 0. The first kappa shape index (κ1) is 5.87. The summed E-state index contributed by atoms with van der Waals surface area (Å²) in [6.07, 6.45) is 10.3. The van der Waals surface area contributed by atoms with Crippen molar-refractivity contribution >= 4 is 0 Å². The van der Waals surface area contributed by atoms with Crippen molar-refractivity contribution in [3.8, 4) is 24.2 Å². The molecule has 0 unspecified atom stereocenters. The van der Waals surface area contributed by atoms with E-state index < -0.39 is 0 Å². The smallest absolute Gasteiger partial charge is 0.0156 e. The van der Waals surface area contributed by atoms with Crippen LogP contribution in [0.1, 0.15) is 25.7 Å². The van der Waals surface area contributed by atoms with Crippen molar-refractivity contribution in [2.24, 2.45) is 11.3 Å². The summed E-state index contributed by atoms with van der Waals surface area (Å²) in [6.45, 7) is 0. The van der Waals surface area contributed by atoms with Crippen molar-refractivity contribution < 1.29 is 0 Å². The van der Waals surface area contributed by atoms with Crippen molar-refractivity contribution in [3.05, 3.63) is 0 Å². The third-order valence-corrected chi connectivity index (χ3v) is 2.79. The number of hydrogen-bond acceptors (Lipinski definition) is 0. The summed E-state index contributed by atoms with van der Waals surface area (Å²) in [5.41, 5.74) is 0.647. The largest absolute Gasteiger partial charge is 0.106 e. The zero-order valence-electron chi connectivity index (χ0n) is 5.98. The lowest BCUT2D eigenvalue weighted by atomic mass is 9.43. The standard InChI is InChI=1S/C10H10/c1-2-3-4-5-10-6-9(7-10)8-10/h1,9H,5-8H2. The predicted octanol–water partition coefficient (Wildman–Crippen LogP) is 1.81. The van der Waals surface area contributed by atoms with Crippen LogP contribution in [-0.2, 0) is 0 Å². The van der Waals surface area contributed by atoms with E-state index in [1.54, 1.807) is 0 Å². The highest BCUT2D eigenvalue weighted by Gasteiger charge is 2.55. The molecule has 0 aliphatic heterocycles. The van der Waals surface area contributed by atoms with Crippen LogP contribution in [-0.4, -0.2) is 0 Å². The van der Waals surface area contributed by atoms with Gasteiger partial charge in [-0.1, -0.05) is 5.92 Å². The summed E-state index contributed by atoms with van der Waals surface area (Å²) in [5.74, 6) is 9.11. The van der Waals surface area contributed by atoms with Crippen molar-refractivity contribution in [2.75, 3.05) is 0 Å². The fraction of sp³-hybridized carbons (Fsp3) is 0.600. The molecule has 0 aromatic rings. The molecule has 0 nitrogen and oxygen atoms in total.